The van der Waals surface area contributed by atoms with Gasteiger partial charge in [0.05, 0.1) is 0 Å². The molecule has 1 fully saturated rings. The Bertz CT molecular complexity index is 453. The number of piperazine rings is 1. The zero-order valence-corrected chi connectivity index (χ0v) is 13.2. The van der Waals surface area contributed by atoms with Gasteiger partial charge in [0.25, 0.3) is 5.91 Å². The molecule has 1 heterocycles. The molecule has 1 aromatic rings. The summed E-state index contributed by atoms with van der Waals surface area (Å²) in [6, 6.07) is 7.17. The van der Waals surface area contributed by atoms with E-state index in [1.807, 2.05) is 0 Å². The molecule has 0 spiro atoms. The number of nitrogens with zero attached hydrogens (tertiary/aromatic N) is 1. The minimum atomic E-state index is -3.48. The summed E-state index contributed by atoms with van der Waals surface area (Å²) in [7, 11) is 0. The molecule has 1 aromatic carbocycles. The van der Waals surface area contributed by atoms with Crippen LogP contribution in [0.3, 0.4) is 0 Å². The van der Waals surface area contributed by atoms with E-state index in [2.05, 4.69) is 15.5 Å². The highest BCUT2D eigenvalue weighted by molar-refractivity contribution is 5.85. The van der Waals surface area contributed by atoms with E-state index < -0.39 is 11.8 Å². The van der Waals surface area contributed by atoms with Crippen molar-refractivity contribution in [2.75, 3.05) is 39.3 Å². The van der Waals surface area contributed by atoms with Crippen LogP contribution in [0.25, 0.3) is 0 Å². The smallest absolute Gasteiger partial charge is 0.349 e. The van der Waals surface area contributed by atoms with Crippen LogP contribution in [0, 0.1) is 0 Å². The molecule has 0 aromatic heterocycles. The monoisotopic (exact) mass is 333 g/mol. The number of nitrogens with one attached hydrogen (secondary N) is 2. The van der Waals surface area contributed by atoms with Crippen molar-refractivity contribution >= 4 is 18.3 Å². The minimum Gasteiger partial charge on any atom is -0.351 e. The van der Waals surface area contributed by atoms with Crippen LogP contribution in [0.1, 0.15) is 12.0 Å². The van der Waals surface area contributed by atoms with E-state index in [1.165, 1.54) is 24.3 Å². The van der Waals surface area contributed by atoms with E-state index in [-0.39, 0.29) is 24.5 Å². The lowest BCUT2D eigenvalue weighted by atomic mass is 10.1. The summed E-state index contributed by atoms with van der Waals surface area (Å²) < 4.78 is 27.8. The number of benzene rings is 1. The summed E-state index contributed by atoms with van der Waals surface area (Å²) in [4.78, 5) is 13.9. The molecular formula is C15H22ClF2N3O. The Morgan fingerprint density at radius 3 is 2.50 bits per heavy atom. The SMILES string of the molecule is Cl.O=C(NCCCN1CCNCC1)C(F)(F)c1ccccc1. The molecule has 1 aliphatic heterocycles. The Labute approximate surface area is 135 Å². The van der Waals surface area contributed by atoms with Gasteiger partial charge in [-0.3, -0.25) is 4.79 Å². The summed E-state index contributed by atoms with van der Waals surface area (Å²) in [6.07, 6.45) is 0.677. The van der Waals surface area contributed by atoms with Crippen molar-refractivity contribution in [3.8, 4) is 0 Å². The molecule has 0 bridgehead atoms. The summed E-state index contributed by atoms with van der Waals surface area (Å²) in [6.45, 7) is 4.93. The highest BCUT2D eigenvalue weighted by Crippen LogP contribution is 2.27. The summed E-state index contributed by atoms with van der Waals surface area (Å²) >= 11 is 0. The number of hydrogen-bond acceptors (Lipinski definition) is 3. The molecule has 1 amide bonds. The zero-order valence-electron chi connectivity index (χ0n) is 12.4. The van der Waals surface area contributed by atoms with Crippen LogP contribution in [0.15, 0.2) is 30.3 Å². The minimum absolute atomic E-state index is 0. The standard InChI is InChI=1S/C15H21F2N3O.ClH/c16-15(17,13-5-2-1-3-6-13)14(21)19-7-4-10-20-11-8-18-9-12-20;/h1-3,5-6,18H,4,7-12H2,(H,19,21);1H. The number of hydrogen-bond donors (Lipinski definition) is 2. The predicted molar refractivity (Wildman–Crippen MR) is 84.5 cm³/mol. The molecule has 7 heteroatoms. The van der Waals surface area contributed by atoms with Gasteiger partial charge in [-0.2, -0.15) is 8.78 Å². The molecule has 1 aliphatic rings. The predicted octanol–water partition coefficient (Wildman–Crippen LogP) is 1.61. The van der Waals surface area contributed by atoms with Crippen molar-refractivity contribution in [2.45, 2.75) is 12.3 Å². The number of carbonyl (C=O) groups excluding carboxylic acids is 1. The van der Waals surface area contributed by atoms with E-state index in [4.69, 9.17) is 0 Å². The van der Waals surface area contributed by atoms with Crippen LogP contribution >= 0.6 is 12.4 Å². The lowest BCUT2D eigenvalue weighted by Gasteiger charge is -2.27. The normalized spacial score (nSPS) is 15.9. The van der Waals surface area contributed by atoms with E-state index >= 15 is 0 Å². The average Bonchev–Trinajstić information content (AvgIpc) is 2.53. The number of alkyl halides is 2. The van der Waals surface area contributed by atoms with Gasteiger partial charge in [0, 0.05) is 38.3 Å². The van der Waals surface area contributed by atoms with Crippen LogP contribution in [0.4, 0.5) is 8.78 Å². The molecule has 2 N–H and O–H groups in total. The van der Waals surface area contributed by atoms with Gasteiger partial charge < -0.3 is 15.5 Å². The lowest BCUT2D eigenvalue weighted by molar-refractivity contribution is -0.147. The number of halogens is 3. The maximum atomic E-state index is 13.9. The third-order valence-corrected chi connectivity index (χ3v) is 3.57. The fourth-order valence-corrected chi connectivity index (χ4v) is 2.33. The van der Waals surface area contributed by atoms with Gasteiger partial charge in [-0.25, -0.2) is 0 Å². The first kappa shape index (κ1) is 18.8. The molecule has 124 valence electrons. The molecule has 0 saturated carbocycles. The number of rotatable bonds is 6. The molecule has 0 atom stereocenters. The number of carbonyl (C=O) groups is 1. The summed E-state index contributed by atoms with van der Waals surface area (Å²) in [5.74, 6) is -4.70. The summed E-state index contributed by atoms with van der Waals surface area (Å²) in [5, 5.41) is 5.58. The van der Waals surface area contributed by atoms with Crippen molar-refractivity contribution in [2.24, 2.45) is 0 Å². The first-order valence-electron chi connectivity index (χ1n) is 7.25. The van der Waals surface area contributed by atoms with Crippen molar-refractivity contribution in [3.63, 3.8) is 0 Å². The van der Waals surface area contributed by atoms with Crippen molar-refractivity contribution < 1.29 is 13.6 Å². The Morgan fingerprint density at radius 2 is 1.86 bits per heavy atom. The Morgan fingerprint density at radius 1 is 1.23 bits per heavy atom. The zero-order chi connectivity index (χ0) is 15.1. The molecule has 2 rings (SSSR count). The Hall–Kier alpha value is -1.24. The summed E-state index contributed by atoms with van der Waals surface area (Å²) in [5.41, 5.74) is -0.274. The lowest BCUT2D eigenvalue weighted by Crippen LogP contribution is -2.44. The van der Waals surface area contributed by atoms with Crippen LogP contribution in [0.5, 0.6) is 0 Å². The first-order chi connectivity index (χ1) is 10.1. The van der Waals surface area contributed by atoms with Gasteiger partial charge in [-0.1, -0.05) is 30.3 Å². The van der Waals surface area contributed by atoms with E-state index in [9.17, 15) is 13.6 Å². The highest BCUT2D eigenvalue weighted by atomic mass is 35.5. The van der Waals surface area contributed by atoms with Crippen LogP contribution < -0.4 is 10.6 Å². The van der Waals surface area contributed by atoms with E-state index in [0.29, 0.717) is 6.42 Å². The Kier molecular flexibility index (Phi) is 7.72. The van der Waals surface area contributed by atoms with Crippen LogP contribution in [-0.4, -0.2) is 50.1 Å². The fraction of sp³-hybridized carbons (Fsp3) is 0.533. The van der Waals surface area contributed by atoms with Crippen LogP contribution in [0.2, 0.25) is 0 Å². The van der Waals surface area contributed by atoms with Crippen molar-refractivity contribution in [1.82, 2.24) is 15.5 Å². The molecule has 0 radical (unpaired) electrons. The fourth-order valence-electron chi connectivity index (χ4n) is 2.33. The quantitative estimate of drug-likeness (QED) is 0.777. The Balaban J connectivity index is 0.00000242. The van der Waals surface area contributed by atoms with E-state index in [0.717, 1.165) is 32.7 Å². The first-order valence-corrected chi connectivity index (χ1v) is 7.25. The van der Waals surface area contributed by atoms with Crippen molar-refractivity contribution in [3.05, 3.63) is 35.9 Å². The van der Waals surface area contributed by atoms with Crippen LogP contribution in [-0.2, 0) is 10.7 Å². The average molecular weight is 334 g/mol. The molecule has 0 aliphatic carbocycles. The second-order valence-electron chi connectivity index (χ2n) is 5.14. The van der Waals surface area contributed by atoms with Gasteiger partial charge in [-0.05, 0) is 13.0 Å². The van der Waals surface area contributed by atoms with Gasteiger partial charge >= 0.3 is 5.92 Å². The molecular weight excluding hydrogens is 312 g/mol. The highest BCUT2D eigenvalue weighted by Gasteiger charge is 2.40. The molecule has 0 unspecified atom stereocenters. The third-order valence-electron chi connectivity index (χ3n) is 3.57. The van der Waals surface area contributed by atoms with Crippen molar-refractivity contribution in [1.29, 1.82) is 0 Å². The maximum Gasteiger partial charge on any atom is 0.349 e. The van der Waals surface area contributed by atoms with Gasteiger partial charge in [-0.15, -0.1) is 12.4 Å². The van der Waals surface area contributed by atoms with E-state index in [1.54, 1.807) is 6.07 Å². The molecule has 22 heavy (non-hydrogen) atoms. The molecule has 4 nitrogen and oxygen atoms in total. The third kappa shape index (κ3) is 5.19. The van der Waals surface area contributed by atoms with Gasteiger partial charge in [0.1, 0.15) is 0 Å². The second kappa shape index (κ2) is 9.02. The number of amides is 1. The molecule has 1 saturated heterocycles. The second-order valence-corrected chi connectivity index (χ2v) is 5.14. The van der Waals surface area contributed by atoms with Gasteiger partial charge in [0.15, 0.2) is 0 Å². The maximum absolute atomic E-state index is 13.9. The largest absolute Gasteiger partial charge is 0.351 e. The van der Waals surface area contributed by atoms with Gasteiger partial charge in [0.2, 0.25) is 0 Å². The topological polar surface area (TPSA) is 44.4 Å².